The van der Waals surface area contributed by atoms with Gasteiger partial charge in [-0.3, -0.25) is 14.7 Å². The fraction of sp³-hybridized carbons (Fsp3) is 0.600. The van der Waals surface area contributed by atoms with Crippen LogP contribution in [0.3, 0.4) is 0 Å². The van der Waals surface area contributed by atoms with Crippen molar-refractivity contribution in [3.05, 3.63) is 75.3 Å². The maximum absolute atomic E-state index is 15.2. The van der Waals surface area contributed by atoms with Crippen LogP contribution in [0.2, 0.25) is 5.02 Å². The van der Waals surface area contributed by atoms with E-state index in [4.69, 9.17) is 21.3 Å². The van der Waals surface area contributed by atoms with Gasteiger partial charge in [-0.1, -0.05) is 17.7 Å². The van der Waals surface area contributed by atoms with E-state index in [-0.39, 0.29) is 17.0 Å². The number of fused-ring (bicyclic) bond motifs is 2. The molecule has 8 nitrogen and oxygen atoms in total. The zero-order valence-electron chi connectivity index (χ0n) is 28.2. The second-order valence-electron chi connectivity index (χ2n) is 14.8. The van der Waals surface area contributed by atoms with Gasteiger partial charge in [0.05, 0.1) is 27.9 Å². The van der Waals surface area contributed by atoms with E-state index in [1.807, 2.05) is 29.5 Å². The van der Waals surface area contributed by atoms with Gasteiger partial charge < -0.3 is 9.64 Å². The molecule has 254 valence electrons. The van der Waals surface area contributed by atoms with Gasteiger partial charge in [-0.25, -0.2) is 22.8 Å². The molecule has 12 heteroatoms. The van der Waals surface area contributed by atoms with Crippen LogP contribution < -0.4 is 0 Å². The average molecular weight is 673 g/mol. The maximum Gasteiger partial charge on any atom is 0.226 e. The van der Waals surface area contributed by atoms with E-state index in [0.29, 0.717) is 62.7 Å². The number of benzene rings is 1. The van der Waals surface area contributed by atoms with Crippen LogP contribution in [0, 0.1) is 30.3 Å². The highest BCUT2D eigenvalue weighted by Gasteiger charge is 2.54. The lowest BCUT2D eigenvalue weighted by atomic mass is 9.77. The van der Waals surface area contributed by atoms with Crippen molar-refractivity contribution in [1.29, 1.82) is 0 Å². The van der Waals surface area contributed by atoms with Gasteiger partial charge in [0.15, 0.2) is 17.5 Å². The number of piperidine rings is 2. The van der Waals surface area contributed by atoms with Gasteiger partial charge in [-0.05, 0) is 92.0 Å². The lowest BCUT2D eigenvalue weighted by Crippen LogP contribution is -2.54. The molecule has 2 aromatic heterocycles. The van der Waals surface area contributed by atoms with Crippen molar-refractivity contribution in [2.24, 2.45) is 5.92 Å². The van der Waals surface area contributed by atoms with Crippen molar-refractivity contribution >= 4 is 17.5 Å². The van der Waals surface area contributed by atoms with Crippen molar-refractivity contribution in [3.63, 3.8) is 0 Å². The number of carbonyl (C=O) groups excluding carboxylic acids is 1. The van der Waals surface area contributed by atoms with Gasteiger partial charge in [0, 0.05) is 49.1 Å². The minimum atomic E-state index is -1.50. The number of rotatable bonds is 5. The molecule has 3 atom stereocenters. The Morgan fingerprint density at radius 3 is 2.43 bits per heavy atom. The van der Waals surface area contributed by atoms with E-state index in [2.05, 4.69) is 49.6 Å². The summed E-state index contributed by atoms with van der Waals surface area (Å²) in [5.41, 5.74) is 0.965. The average Bonchev–Trinajstić information content (AvgIpc) is 3.64. The molecule has 1 spiro atoms. The van der Waals surface area contributed by atoms with E-state index >= 15 is 4.39 Å². The molecular formula is C35H44ClF3N6O2. The second-order valence-corrected chi connectivity index (χ2v) is 15.2. The number of halogens is 4. The third-order valence-electron chi connectivity index (χ3n) is 10.6. The first-order valence-corrected chi connectivity index (χ1v) is 16.9. The predicted octanol–water partition coefficient (Wildman–Crippen LogP) is 6.84. The summed E-state index contributed by atoms with van der Waals surface area (Å²) in [6.45, 7) is 16.7. The molecule has 0 radical (unpaired) electrons. The standard InChI is InChI=1S/C35H44ClF3N6O2/c1-8-45-32(40-19-41-45)34(6,7)30-23-17-25(36)20(2)42-29(23)35(47-30)12-15-43(16-13-35)31(46)22-11-14-44(33(3,4)5)18-24(22)21-9-10-26(37)28(39)27(21)38/h9-10,17,19,22,24,30H,8,11-16,18H2,1-7H3/t22?,24-,30+/m0/s1. The van der Waals surface area contributed by atoms with E-state index in [9.17, 15) is 13.6 Å². The molecule has 0 N–H and O–H groups in total. The van der Waals surface area contributed by atoms with E-state index in [1.165, 1.54) is 6.07 Å². The molecule has 1 aromatic carbocycles. The number of hydrogen-bond acceptors (Lipinski definition) is 6. The fourth-order valence-corrected chi connectivity index (χ4v) is 7.99. The molecule has 47 heavy (non-hydrogen) atoms. The quantitative estimate of drug-likeness (QED) is 0.276. The molecule has 0 bridgehead atoms. The van der Waals surface area contributed by atoms with Gasteiger partial charge in [0.1, 0.15) is 17.8 Å². The summed E-state index contributed by atoms with van der Waals surface area (Å²) in [7, 11) is 0. The Hall–Kier alpha value is -3.02. The number of nitrogens with zero attached hydrogens (tertiary/aromatic N) is 6. The Morgan fingerprint density at radius 1 is 1.06 bits per heavy atom. The number of aromatic nitrogens is 4. The Kier molecular flexibility index (Phi) is 8.75. The second kappa shape index (κ2) is 12.1. The van der Waals surface area contributed by atoms with Crippen LogP contribution in [0.25, 0.3) is 0 Å². The fourth-order valence-electron chi connectivity index (χ4n) is 7.83. The molecule has 2 fully saturated rings. The van der Waals surface area contributed by atoms with Crippen LogP contribution in [0.5, 0.6) is 0 Å². The molecule has 3 aliphatic rings. The summed E-state index contributed by atoms with van der Waals surface area (Å²) in [6.07, 6.45) is 2.66. The monoisotopic (exact) mass is 672 g/mol. The zero-order valence-corrected chi connectivity index (χ0v) is 29.0. The van der Waals surface area contributed by atoms with Gasteiger partial charge in [-0.15, -0.1) is 0 Å². The topological polar surface area (TPSA) is 76.4 Å². The number of likely N-dealkylation sites (tertiary alicyclic amines) is 2. The highest BCUT2D eigenvalue weighted by atomic mass is 35.5. The van der Waals surface area contributed by atoms with Crippen LogP contribution in [0.15, 0.2) is 24.5 Å². The Labute approximate surface area is 279 Å². The zero-order chi connectivity index (χ0) is 34.1. The predicted molar refractivity (Wildman–Crippen MR) is 173 cm³/mol. The number of hydrogen-bond donors (Lipinski definition) is 0. The van der Waals surface area contributed by atoms with Crippen molar-refractivity contribution in [2.45, 2.75) is 103 Å². The Bertz CT molecular complexity index is 1680. The first kappa shape index (κ1) is 33.9. The normalized spacial score (nSPS) is 23.4. The summed E-state index contributed by atoms with van der Waals surface area (Å²) >= 11 is 6.62. The smallest absolute Gasteiger partial charge is 0.226 e. The van der Waals surface area contributed by atoms with E-state index in [1.54, 1.807) is 6.33 Å². The molecule has 0 saturated carbocycles. The number of carbonyl (C=O) groups is 1. The minimum Gasteiger partial charge on any atom is -0.359 e. The lowest BCUT2D eigenvalue weighted by molar-refractivity contribution is -0.154. The minimum absolute atomic E-state index is 0.0410. The summed E-state index contributed by atoms with van der Waals surface area (Å²) in [5, 5.41) is 4.96. The largest absolute Gasteiger partial charge is 0.359 e. The van der Waals surface area contributed by atoms with Crippen LogP contribution in [0.4, 0.5) is 13.2 Å². The Morgan fingerprint density at radius 2 is 1.77 bits per heavy atom. The number of ether oxygens (including phenoxy) is 1. The summed E-state index contributed by atoms with van der Waals surface area (Å²) in [4.78, 5) is 27.8. The first-order chi connectivity index (χ1) is 22.1. The molecule has 3 aliphatic heterocycles. The van der Waals surface area contributed by atoms with Gasteiger partial charge in [0.25, 0.3) is 0 Å². The van der Waals surface area contributed by atoms with Gasteiger partial charge >= 0.3 is 0 Å². The summed E-state index contributed by atoms with van der Waals surface area (Å²) in [6, 6.07) is 4.20. The Balaban J connectivity index is 1.28. The molecule has 1 amide bonds. The first-order valence-electron chi connectivity index (χ1n) is 16.5. The van der Waals surface area contributed by atoms with E-state index < -0.39 is 46.4 Å². The third-order valence-corrected chi connectivity index (χ3v) is 11.0. The maximum atomic E-state index is 15.2. The highest BCUT2D eigenvalue weighted by Crippen LogP contribution is 2.55. The SMILES string of the molecule is CCn1ncnc1C(C)(C)[C@@H]1OC2(CCN(C(=O)C3CCN(C(C)(C)C)C[C@H]3c3ccc(F)c(F)c3F)CC2)c2nc(C)c(Cl)cc21. The van der Waals surface area contributed by atoms with Crippen molar-refractivity contribution in [1.82, 2.24) is 29.5 Å². The van der Waals surface area contributed by atoms with Crippen molar-refractivity contribution in [3.8, 4) is 0 Å². The molecule has 6 rings (SSSR count). The van der Waals surface area contributed by atoms with Gasteiger partial charge in [-0.2, -0.15) is 5.10 Å². The molecule has 5 heterocycles. The molecular weight excluding hydrogens is 629 g/mol. The number of amides is 1. The van der Waals surface area contributed by atoms with E-state index in [0.717, 1.165) is 23.1 Å². The molecule has 3 aromatic rings. The third kappa shape index (κ3) is 5.76. The van der Waals surface area contributed by atoms with Crippen LogP contribution in [0.1, 0.15) is 101 Å². The lowest BCUT2D eigenvalue weighted by Gasteiger charge is -2.47. The molecule has 2 saturated heterocycles. The summed E-state index contributed by atoms with van der Waals surface area (Å²) in [5.74, 6) is -4.47. The van der Waals surface area contributed by atoms with Gasteiger partial charge in [0.2, 0.25) is 5.91 Å². The number of aryl methyl sites for hydroxylation is 2. The number of pyridine rings is 1. The molecule has 0 aliphatic carbocycles. The van der Waals surface area contributed by atoms with Crippen molar-refractivity contribution in [2.75, 3.05) is 26.2 Å². The van der Waals surface area contributed by atoms with Crippen LogP contribution >= 0.6 is 11.6 Å². The van der Waals surface area contributed by atoms with Crippen LogP contribution in [-0.2, 0) is 27.1 Å². The summed E-state index contributed by atoms with van der Waals surface area (Å²) < 4.78 is 52.5. The molecule has 1 unspecified atom stereocenters. The van der Waals surface area contributed by atoms with Crippen molar-refractivity contribution < 1.29 is 22.7 Å². The highest BCUT2D eigenvalue weighted by molar-refractivity contribution is 6.31. The van der Waals surface area contributed by atoms with Crippen LogP contribution in [-0.4, -0.2) is 67.2 Å².